The van der Waals surface area contributed by atoms with E-state index in [1.54, 1.807) is 4.90 Å². The summed E-state index contributed by atoms with van der Waals surface area (Å²) in [5, 5.41) is 0.615. The summed E-state index contributed by atoms with van der Waals surface area (Å²) >= 11 is 1.27. The van der Waals surface area contributed by atoms with Crippen molar-refractivity contribution in [3.05, 3.63) is 53.7 Å². The molecule has 38 heavy (non-hydrogen) atoms. The molecule has 2 atom stereocenters. The number of fused-ring (bicyclic) bond motifs is 1. The van der Waals surface area contributed by atoms with E-state index >= 15 is 0 Å². The van der Waals surface area contributed by atoms with E-state index in [2.05, 4.69) is 39.1 Å². The number of pyridine rings is 1. The third-order valence-corrected chi connectivity index (χ3v) is 8.96. The predicted octanol–water partition coefficient (Wildman–Crippen LogP) is 5.41. The Morgan fingerprint density at radius 3 is 2.47 bits per heavy atom. The SMILES string of the molecule is C[C@@H]1CN(c2nc3cc(C(F)(F)F)cnc3s2)C[C@@H](C)N1C(=O)OC1CC2(C1)CN(Cc1ccccc1)C2. The van der Waals surface area contributed by atoms with Crippen molar-refractivity contribution in [2.45, 2.75) is 57.6 Å². The maximum atomic E-state index is 13.1. The second-order valence-corrected chi connectivity index (χ2v) is 12.1. The lowest BCUT2D eigenvalue weighted by Crippen LogP contribution is -2.64. The van der Waals surface area contributed by atoms with Crippen molar-refractivity contribution in [2.24, 2.45) is 5.41 Å². The van der Waals surface area contributed by atoms with Gasteiger partial charge in [-0.05, 0) is 38.3 Å². The fourth-order valence-electron chi connectivity index (χ4n) is 6.25. The van der Waals surface area contributed by atoms with E-state index in [0.29, 0.717) is 23.1 Å². The number of hydrogen-bond acceptors (Lipinski definition) is 7. The number of anilines is 1. The molecule has 3 aliphatic rings. The molecule has 2 aliphatic heterocycles. The quantitative estimate of drug-likeness (QED) is 0.437. The summed E-state index contributed by atoms with van der Waals surface area (Å²) in [6.45, 7) is 8.02. The largest absolute Gasteiger partial charge is 0.446 e. The third-order valence-electron chi connectivity index (χ3n) is 7.92. The molecule has 1 amide bonds. The van der Waals surface area contributed by atoms with Crippen LogP contribution in [-0.2, 0) is 17.5 Å². The number of amides is 1. The number of alkyl halides is 3. The minimum absolute atomic E-state index is 0.0445. The molecule has 1 saturated carbocycles. The molecule has 6 rings (SSSR count). The number of carbonyl (C=O) groups excluding carboxylic acids is 1. The van der Waals surface area contributed by atoms with Crippen LogP contribution in [-0.4, -0.2) is 70.2 Å². The fourth-order valence-corrected chi connectivity index (χ4v) is 7.16. The van der Waals surface area contributed by atoms with Crippen LogP contribution in [0.1, 0.15) is 37.8 Å². The number of likely N-dealkylation sites (tertiary alicyclic amines) is 1. The van der Waals surface area contributed by atoms with Gasteiger partial charge in [0.25, 0.3) is 0 Å². The van der Waals surface area contributed by atoms with Gasteiger partial charge in [-0.3, -0.25) is 9.80 Å². The average Bonchev–Trinajstić information content (AvgIpc) is 3.24. The van der Waals surface area contributed by atoms with Gasteiger partial charge in [0.05, 0.1) is 17.6 Å². The van der Waals surface area contributed by atoms with E-state index in [4.69, 9.17) is 4.74 Å². The highest BCUT2D eigenvalue weighted by Gasteiger charge is 2.54. The maximum Gasteiger partial charge on any atom is 0.417 e. The monoisotopic (exact) mass is 545 g/mol. The highest BCUT2D eigenvalue weighted by atomic mass is 32.1. The smallest absolute Gasteiger partial charge is 0.417 e. The van der Waals surface area contributed by atoms with Crippen LogP contribution in [0.5, 0.6) is 0 Å². The lowest BCUT2D eigenvalue weighted by molar-refractivity contribution is -0.138. The summed E-state index contributed by atoms with van der Waals surface area (Å²) in [6, 6.07) is 11.2. The van der Waals surface area contributed by atoms with Gasteiger partial charge in [0, 0.05) is 44.3 Å². The van der Waals surface area contributed by atoms with Gasteiger partial charge in [0.15, 0.2) is 5.13 Å². The lowest BCUT2D eigenvalue weighted by atomic mass is 9.61. The van der Waals surface area contributed by atoms with Crippen LogP contribution in [0.15, 0.2) is 42.6 Å². The van der Waals surface area contributed by atoms with Crippen molar-refractivity contribution >= 4 is 32.9 Å². The molecule has 2 saturated heterocycles. The average molecular weight is 546 g/mol. The van der Waals surface area contributed by atoms with Gasteiger partial charge in [-0.1, -0.05) is 41.7 Å². The second-order valence-electron chi connectivity index (χ2n) is 11.1. The summed E-state index contributed by atoms with van der Waals surface area (Å²) < 4.78 is 45.1. The van der Waals surface area contributed by atoms with Crippen molar-refractivity contribution in [1.82, 2.24) is 19.8 Å². The molecule has 0 bridgehead atoms. The Kier molecular flexibility index (Phi) is 6.26. The van der Waals surface area contributed by atoms with Gasteiger partial charge in [0.2, 0.25) is 0 Å². The van der Waals surface area contributed by atoms with Crippen molar-refractivity contribution in [2.75, 3.05) is 31.1 Å². The molecule has 11 heteroatoms. The molecule has 1 aromatic carbocycles. The molecule has 7 nitrogen and oxygen atoms in total. The predicted molar refractivity (Wildman–Crippen MR) is 139 cm³/mol. The highest BCUT2D eigenvalue weighted by molar-refractivity contribution is 7.21. The third kappa shape index (κ3) is 4.82. The maximum absolute atomic E-state index is 13.1. The zero-order valence-corrected chi connectivity index (χ0v) is 22.1. The van der Waals surface area contributed by atoms with E-state index in [1.807, 2.05) is 24.8 Å². The van der Waals surface area contributed by atoms with Gasteiger partial charge < -0.3 is 9.64 Å². The number of thiazole rings is 1. The Labute approximate surface area is 223 Å². The molecule has 0 unspecified atom stereocenters. The first-order chi connectivity index (χ1) is 18.1. The molecule has 2 aromatic heterocycles. The molecule has 0 radical (unpaired) electrons. The van der Waals surface area contributed by atoms with Gasteiger partial charge >= 0.3 is 12.3 Å². The van der Waals surface area contributed by atoms with E-state index in [-0.39, 0.29) is 35.2 Å². The molecular weight excluding hydrogens is 515 g/mol. The van der Waals surface area contributed by atoms with Crippen molar-refractivity contribution in [1.29, 1.82) is 0 Å². The highest BCUT2D eigenvalue weighted by Crippen LogP contribution is 2.50. The van der Waals surface area contributed by atoms with Crippen LogP contribution in [0.3, 0.4) is 0 Å². The number of benzene rings is 1. The lowest BCUT2D eigenvalue weighted by Gasteiger charge is -2.58. The molecule has 1 spiro atoms. The Bertz CT molecular complexity index is 1310. The van der Waals surface area contributed by atoms with Crippen LogP contribution >= 0.6 is 11.3 Å². The first kappa shape index (κ1) is 25.4. The van der Waals surface area contributed by atoms with Crippen LogP contribution in [0, 0.1) is 5.41 Å². The number of aromatic nitrogens is 2. The first-order valence-electron chi connectivity index (χ1n) is 12.9. The van der Waals surface area contributed by atoms with Crippen molar-refractivity contribution < 1.29 is 22.7 Å². The van der Waals surface area contributed by atoms with E-state index in [1.165, 1.54) is 16.9 Å². The van der Waals surface area contributed by atoms with Gasteiger partial charge in [-0.25, -0.2) is 14.8 Å². The van der Waals surface area contributed by atoms with Gasteiger partial charge in [-0.2, -0.15) is 13.2 Å². The van der Waals surface area contributed by atoms with E-state index in [0.717, 1.165) is 44.7 Å². The zero-order chi connectivity index (χ0) is 26.7. The number of rotatable bonds is 4. The molecule has 3 aromatic rings. The standard InChI is InChI=1S/C27H30F3N5O2S/c1-17-12-34(24-32-22-8-20(27(28,29)30)11-31-23(22)38-24)13-18(2)35(17)25(36)37-21-9-26(10-21)15-33(16-26)14-19-6-4-3-5-7-19/h3-8,11,17-18,21H,9-10,12-16H2,1-2H3/t17-,18-/m1/s1. The van der Waals surface area contributed by atoms with Crippen LogP contribution in [0.2, 0.25) is 0 Å². The zero-order valence-electron chi connectivity index (χ0n) is 21.3. The Morgan fingerprint density at radius 2 is 1.82 bits per heavy atom. The minimum atomic E-state index is -4.46. The molecule has 1 aliphatic carbocycles. The fraction of sp³-hybridized carbons (Fsp3) is 0.519. The number of halogens is 3. The Hall–Kier alpha value is -2.92. The van der Waals surface area contributed by atoms with E-state index in [9.17, 15) is 18.0 Å². The normalized spacial score (nSPS) is 23.9. The number of hydrogen-bond donors (Lipinski definition) is 0. The Balaban J connectivity index is 1.02. The number of ether oxygens (including phenoxy) is 1. The molecule has 3 fully saturated rings. The Morgan fingerprint density at radius 1 is 1.13 bits per heavy atom. The molecule has 0 N–H and O–H groups in total. The summed E-state index contributed by atoms with van der Waals surface area (Å²) in [5.41, 5.74) is 1.03. The molecule has 202 valence electrons. The van der Waals surface area contributed by atoms with Gasteiger partial charge in [-0.15, -0.1) is 0 Å². The van der Waals surface area contributed by atoms with Crippen molar-refractivity contribution in [3.63, 3.8) is 0 Å². The summed E-state index contributed by atoms with van der Waals surface area (Å²) in [4.78, 5) is 28.2. The minimum Gasteiger partial charge on any atom is -0.446 e. The summed E-state index contributed by atoms with van der Waals surface area (Å²) in [6.07, 6.45) is -2.13. The first-order valence-corrected chi connectivity index (χ1v) is 13.7. The topological polar surface area (TPSA) is 61.8 Å². The van der Waals surface area contributed by atoms with Gasteiger partial charge in [0.1, 0.15) is 16.5 Å². The number of carbonyl (C=O) groups is 1. The summed E-state index contributed by atoms with van der Waals surface area (Å²) in [7, 11) is 0. The molecule has 4 heterocycles. The van der Waals surface area contributed by atoms with Crippen molar-refractivity contribution in [3.8, 4) is 0 Å². The molecular formula is C27H30F3N5O2S. The summed E-state index contributed by atoms with van der Waals surface area (Å²) in [5.74, 6) is 0. The van der Waals surface area contributed by atoms with Crippen LogP contribution < -0.4 is 4.90 Å². The second kappa shape index (κ2) is 9.37. The van der Waals surface area contributed by atoms with Crippen LogP contribution in [0.25, 0.3) is 10.3 Å². The van der Waals surface area contributed by atoms with E-state index < -0.39 is 11.7 Å². The number of piperazine rings is 1. The number of nitrogens with zero attached hydrogens (tertiary/aromatic N) is 5. The van der Waals surface area contributed by atoms with Crippen LogP contribution in [0.4, 0.5) is 23.1 Å².